The van der Waals surface area contributed by atoms with E-state index >= 15 is 0 Å². The first kappa shape index (κ1) is 13.0. The van der Waals surface area contributed by atoms with Crippen LogP contribution >= 0.6 is 0 Å². The molecular weight excluding hydrogens is 280 g/mol. The average molecular weight is 294 g/mol. The van der Waals surface area contributed by atoms with Gasteiger partial charge in [-0.25, -0.2) is 0 Å². The lowest BCUT2D eigenvalue weighted by Crippen LogP contribution is -2.02. The Kier molecular flexibility index (Phi) is 2.73. The van der Waals surface area contributed by atoms with Gasteiger partial charge in [-0.1, -0.05) is 6.07 Å². The van der Waals surface area contributed by atoms with Gasteiger partial charge in [0.1, 0.15) is 11.3 Å². The minimum atomic E-state index is -0.0357. The first-order valence-corrected chi connectivity index (χ1v) is 7.07. The summed E-state index contributed by atoms with van der Waals surface area (Å²) in [6.07, 6.45) is 0. The molecular formula is C18H14O4. The molecule has 0 N–H and O–H groups in total. The van der Waals surface area contributed by atoms with Crippen LogP contribution in [0.3, 0.4) is 0 Å². The van der Waals surface area contributed by atoms with Crippen molar-refractivity contribution in [3.05, 3.63) is 57.7 Å². The number of rotatable bonds is 1. The molecule has 3 aromatic rings. The van der Waals surface area contributed by atoms with E-state index in [1.807, 2.05) is 44.2 Å². The van der Waals surface area contributed by atoms with Crippen molar-refractivity contribution < 1.29 is 13.9 Å². The standard InChI is InChI=1S/C18H14O4/c1-10-5-11(2)18-13(19)8-15(22-17(18)6-10)12-3-4-14-16(7-12)21-9-20-14/h3-8H,9H2,1-2H3. The fraction of sp³-hybridized carbons (Fsp3) is 0.167. The maximum atomic E-state index is 12.4. The number of hydrogen-bond acceptors (Lipinski definition) is 4. The summed E-state index contributed by atoms with van der Waals surface area (Å²) in [4.78, 5) is 12.4. The van der Waals surface area contributed by atoms with Gasteiger partial charge in [0.25, 0.3) is 0 Å². The molecule has 0 fully saturated rings. The van der Waals surface area contributed by atoms with Crippen molar-refractivity contribution in [2.24, 2.45) is 0 Å². The Morgan fingerprint density at radius 3 is 2.64 bits per heavy atom. The van der Waals surface area contributed by atoms with Crippen molar-refractivity contribution in [1.29, 1.82) is 0 Å². The average Bonchev–Trinajstić information content (AvgIpc) is 2.93. The third-order valence-electron chi connectivity index (χ3n) is 3.83. The number of aryl methyl sites for hydroxylation is 2. The zero-order valence-electron chi connectivity index (χ0n) is 12.3. The third-order valence-corrected chi connectivity index (χ3v) is 3.83. The molecule has 0 atom stereocenters. The van der Waals surface area contributed by atoms with Crippen LogP contribution in [0.25, 0.3) is 22.3 Å². The summed E-state index contributed by atoms with van der Waals surface area (Å²) < 4.78 is 16.6. The summed E-state index contributed by atoms with van der Waals surface area (Å²) in [6.45, 7) is 4.13. The van der Waals surface area contributed by atoms with Crippen LogP contribution in [-0.4, -0.2) is 6.79 Å². The lowest BCUT2D eigenvalue weighted by molar-refractivity contribution is 0.174. The van der Waals surface area contributed by atoms with Gasteiger partial charge in [-0.2, -0.15) is 0 Å². The van der Waals surface area contributed by atoms with Gasteiger partial charge in [-0.15, -0.1) is 0 Å². The van der Waals surface area contributed by atoms with Gasteiger partial charge < -0.3 is 13.9 Å². The number of fused-ring (bicyclic) bond motifs is 2. The Labute approximate surface area is 126 Å². The zero-order chi connectivity index (χ0) is 15.3. The summed E-state index contributed by atoms with van der Waals surface area (Å²) in [5.41, 5.74) is 3.36. The Hall–Kier alpha value is -2.75. The van der Waals surface area contributed by atoms with Crippen molar-refractivity contribution in [3.8, 4) is 22.8 Å². The molecule has 0 amide bonds. The van der Waals surface area contributed by atoms with Crippen LogP contribution < -0.4 is 14.9 Å². The predicted molar refractivity (Wildman–Crippen MR) is 83.5 cm³/mol. The molecule has 0 aliphatic carbocycles. The first-order valence-electron chi connectivity index (χ1n) is 7.07. The van der Waals surface area contributed by atoms with E-state index < -0.39 is 0 Å². The molecule has 0 saturated carbocycles. The topological polar surface area (TPSA) is 48.7 Å². The van der Waals surface area contributed by atoms with Crippen molar-refractivity contribution >= 4 is 11.0 Å². The molecule has 2 aromatic carbocycles. The van der Waals surface area contributed by atoms with Gasteiger partial charge in [-0.3, -0.25) is 4.79 Å². The Balaban J connectivity index is 1.94. The maximum absolute atomic E-state index is 12.4. The predicted octanol–water partition coefficient (Wildman–Crippen LogP) is 3.81. The van der Waals surface area contributed by atoms with E-state index in [1.54, 1.807) is 0 Å². The zero-order valence-corrected chi connectivity index (χ0v) is 12.3. The monoisotopic (exact) mass is 294 g/mol. The van der Waals surface area contributed by atoms with E-state index in [0.717, 1.165) is 16.7 Å². The van der Waals surface area contributed by atoms with Gasteiger partial charge in [-0.05, 0) is 49.2 Å². The second kappa shape index (κ2) is 4.63. The molecule has 1 aliphatic heterocycles. The second-order valence-corrected chi connectivity index (χ2v) is 5.50. The first-order chi connectivity index (χ1) is 10.6. The summed E-state index contributed by atoms with van der Waals surface area (Å²) in [7, 11) is 0. The normalized spacial score (nSPS) is 12.8. The van der Waals surface area contributed by atoms with Crippen LogP contribution in [0.1, 0.15) is 11.1 Å². The van der Waals surface area contributed by atoms with Gasteiger partial charge >= 0.3 is 0 Å². The van der Waals surface area contributed by atoms with Crippen molar-refractivity contribution in [2.75, 3.05) is 6.79 Å². The van der Waals surface area contributed by atoms with Crippen molar-refractivity contribution in [3.63, 3.8) is 0 Å². The van der Waals surface area contributed by atoms with Crippen LogP contribution in [0.4, 0.5) is 0 Å². The highest BCUT2D eigenvalue weighted by atomic mass is 16.7. The molecule has 0 bridgehead atoms. The third kappa shape index (κ3) is 1.96. The lowest BCUT2D eigenvalue weighted by atomic mass is 10.1. The number of ether oxygens (including phenoxy) is 2. The van der Waals surface area contributed by atoms with Crippen LogP contribution in [-0.2, 0) is 0 Å². The van der Waals surface area contributed by atoms with Gasteiger partial charge in [0.2, 0.25) is 6.79 Å². The quantitative estimate of drug-likeness (QED) is 0.685. The Morgan fingerprint density at radius 1 is 0.955 bits per heavy atom. The number of hydrogen-bond donors (Lipinski definition) is 0. The van der Waals surface area contributed by atoms with E-state index in [1.165, 1.54) is 6.07 Å². The van der Waals surface area contributed by atoms with Gasteiger partial charge in [0, 0.05) is 11.6 Å². The molecule has 0 spiro atoms. The van der Waals surface area contributed by atoms with Crippen LogP contribution in [0.5, 0.6) is 11.5 Å². The fourth-order valence-electron chi connectivity index (χ4n) is 2.86. The minimum Gasteiger partial charge on any atom is -0.456 e. The molecule has 0 saturated heterocycles. The highest BCUT2D eigenvalue weighted by molar-refractivity contribution is 5.82. The SMILES string of the molecule is Cc1cc(C)c2c(=O)cc(-c3ccc4c(c3)OCO4)oc2c1. The van der Waals surface area contributed by atoms with E-state index in [9.17, 15) is 4.79 Å². The van der Waals surface area contributed by atoms with E-state index in [4.69, 9.17) is 13.9 Å². The van der Waals surface area contributed by atoms with Crippen LogP contribution in [0, 0.1) is 13.8 Å². The van der Waals surface area contributed by atoms with Crippen molar-refractivity contribution in [2.45, 2.75) is 13.8 Å². The molecule has 0 radical (unpaired) electrons. The molecule has 1 aromatic heterocycles. The summed E-state index contributed by atoms with van der Waals surface area (Å²) in [5.74, 6) is 1.90. The van der Waals surface area contributed by atoms with Crippen molar-refractivity contribution in [1.82, 2.24) is 0 Å². The van der Waals surface area contributed by atoms with Crippen LogP contribution in [0.2, 0.25) is 0 Å². The van der Waals surface area contributed by atoms with Crippen LogP contribution in [0.15, 0.2) is 45.6 Å². The molecule has 4 rings (SSSR count). The molecule has 0 unspecified atom stereocenters. The Bertz CT molecular complexity index is 953. The smallest absolute Gasteiger partial charge is 0.231 e. The second-order valence-electron chi connectivity index (χ2n) is 5.50. The summed E-state index contributed by atoms with van der Waals surface area (Å²) in [5, 5.41) is 0.634. The van der Waals surface area contributed by atoms with E-state index in [-0.39, 0.29) is 12.2 Å². The largest absolute Gasteiger partial charge is 0.456 e. The summed E-state index contributed by atoms with van der Waals surface area (Å²) in [6, 6.07) is 10.9. The molecule has 22 heavy (non-hydrogen) atoms. The number of benzene rings is 2. The minimum absolute atomic E-state index is 0.0357. The van der Waals surface area contributed by atoms with Gasteiger partial charge in [0.15, 0.2) is 16.9 Å². The summed E-state index contributed by atoms with van der Waals surface area (Å²) >= 11 is 0. The van der Waals surface area contributed by atoms with E-state index in [0.29, 0.717) is 28.2 Å². The molecule has 1 aliphatic rings. The van der Waals surface area contributed by atoms with Gasteiger partial charge in [0.05, 0.1) is 5.39 Å². The molecule has 110 valence electrons. The Morgan fingerprint density at radius 2 is 1.77 bits per heavy atom. The molecule has 4 nitrogen and oxygen atoms in total. The highest BCUT2D eigenvalue weighted by Crippen LogP contribution is 2.36. The van der Waals surface area contributed by atoms with E-state index in [2.05, 4.69) is 0 Å². The fourth-order valence-corrected chi connectivity index (χ4v) is 2.86. The molecule has 2 heterocycles. The highest BCUT2D eigenvalue weighted by Gasteiger charge is 2.16. The lowest BCUT2D eigenvalue weighted by Gasteiger charge is -2.07. The maximum Gasteiger partial charge on any atom is 0.231 e. The molecule has 4 heteroatoms.